The molecule has 0 aliphatic carbocycles. The standard InChI is InChI=1S/C16H19N5O2/c22-16(19-11-13-4-2-8-23-13)14-5-6-15(21-20-14)18-10-12-3-1-7-17-9-12/h1,3,5-7,9,13H,2,4,8,10-11H2,(H,18,21)(H,19,22). The van der Waals surface area contributed by atoms with Crippen molar-refractivity contribution in [2.75, 3.05) is 18.5 Å². The van der Waals surface area contributed by atoms with Crippen LogP contribution in [0.4, 0.5) is 5.82 Å². The summed E-state index contributed by atoms with van der Waals surface area (Å²) < 4.78 is 5.47. The number of rotatable bonds is 6. The number of anilines is 1. The van der Waals surface area contributed by atoms with Crippen molar-refractivity contribution in [2.24, 2.45) is 0 Å². The molecular formula is C16H19N5O2. The molecule has 3 heterocycles. The predicted octanol–water partition coefficient (Wildman–Crippen LogP) is 1.39. The van der Waals surface area contributed by atoms with E-state index in [4.69, 9.17) is 4.74 Å². The van der Waals surface area contributed by atoms with E-state index in [1.165, 1.54) is 0 Å². The van der Waals surface area contributed by atoms with Gasteiger partial charge in [-0.05, 0) is 36.6 Å². The molecule has 23 heavy (non-hydrogen) atoms. The van der Waals surface area contributed by atoms with Crippen LogP contribution in [0.25, 0.3) is 0 Å². The van der Waals surface area contributed by atoms with Crippen LogP contribution in [0.15, 0.2) is 36.7 Å². The molecule has 1 aliphatic heterocycles. The van der Waals surface area contributed by atoms with Gasteiger partial charge in [0.05, 0.1) is 6.10 Å². The van der Waals surface area contributed by atoms with Gasteiger partial charge in [-0.25, -0.2) is 0 Å². The SMILES string of the molecule is O=C(NCC1CCCO1)c1ccc(NCc2cccnc2)nn1. The fraction of sp³-hybridized carbons (Fsp3) is 0.375. The molecule has 2 aromatic heterocycles. The fourth-order valence-electron chi connectivity index (χ4n) is 2.35. The summed E-state index contributed by atoms with van der Waals surface area (Å²) in [5, 5.41) is 13.9. The Balaban J connectivity index is 1.49. The summed E-state index contributed by atoms with van der Waals surface area (Å²) in [6, 6.07) is 7.25. The molecular weight excluding hydrogens is 294 g/mol. The van der Waals surface area contributed by atoms with Crippen LogP contribution in [-0.2, 0) is 11.3 Å². The average Bonchev–Trinajstić information content (AvgIpc) is 3.13. The van der Waals surface area contributed by atoms with Gasteiger partial charge in [0.1, 0.15) is 5.82 Å². The van der Waals surface area contributed by atoms with Gasteiger partial charge in [-0.1, -0.05) is 6.07 Å². The molecule has 1 aliphatic rings. The van der Waals surface area contributed by atoms with Crippen molar-refractivity contribution in [2.45, 2.75) is 25.5 Å². The van der Waals surface area contributed by atoms with Crippen LogP contribution in [0.3, 0.4) is 0 Å². The monoisotopic (exact) mass is 313 g/mol. The minimum Gasteiger partial charge on any atom is -0.376 e. The van der Waals surface area contributed by atoms with E-state index >= 15 is 0 Å². The lowest BCUT2D eigenvalue weighted by Crippen LogP contribution is -2.32. The summed E-state index contributed by atoms with van der Waals surface area (Å²) in [5.74, 6) is 0.385. The van der Waals surface area contributed by atoms with Gasteiger partial charge in [-0.3, -0.25) is 9.78 Å². The summed E-state index contributed by atoms with van der Waals surface area (Å²) in [7, 11) is 0. The Labute approximate surface area is 134 Å². The van der Waals surface area contributed by atoms with E-state index in [0.29, 0.717) is 24.6 Å². The molecule has 1 unspecified atom stereocenters. The van der Waals surface area contributed by atoms with Crippen LogP contribution in [-0.4, -0.2) is 40.3 Å². The predicted molar refractivity (Wildman–Crippen MR) is 84.9 cm³/mol. The van der Waals surface area contributed by atoms with E-state index < -0.39 is 0 Å². The highest BCUT2D eigenvalue weighted by molar-refractivity contribution is 5.92. The highest BCUT2D eigenvalue weighted by Gasteiger charge is 2.17. The van der Waals surface area contributed by atoms with Gasteiger partial charge in [0, 0.05) is 32.1 Å². The zero-order valence-corrected chi connectivity index (χ0v) is 12.7. The topological polar surface area (TPSA) is 89.0 Å². The number of ether oxygens (including phenoxy) is 1. The molecule has 120 valence electrons. The second kappa shape index (κ2) is 7.64. The average molecular weight is 313 g/mol. The van der Waals surface area contributed by atoms with Gasteiger partial charge < -0.3 is 15.4 Å². The number of nitrogens with one attached hydrogen (secondary N) is 2. The van der Waals surface area contributed by atoms with Gasteiger partial charge in [-0.2, -0.15) is 0 Å². The largest absolute Gasteiger partial charge is 0.376 e. The summed E-state index contributed by atoms with van der Waals surface area (Å²) in [4.78, 5) is 16.0. The maximum Gasteiger partial charge on any atom is 0.271 e. The van der Waals surface area contributed by atoms with Crippen LogP contribution >= 0.6 is 0 Å². The van der Waals surface area contributed by atoms with E-state index in [9.17, 15) is 4.79 Å². The third kappa shape index (κ3) is 4.46. The quantitative estimate of drug-likeness (QED) is 0.838. The molecule has 1 atom stereocenters. The second-order valence-corrected chi connectivity index (χ2v) is 5.36. The van der Waals surface area contributed by atoms with E-state index in [1.54, 1.807) is 24.5 Å². The molecule has 0 bridgehead atoms. The van der Waals surface area contributed by atoms with E-state index in [0.717, 1.165) is 25.0 Å². The summed E-state index contributed by atoms with van der Waals surface area (Å²) in [6.45, 7) is 1.90. The fourth-order valence-corrected chi connectivity index (χ4v) is 2.35. The highest BCUT2D eigenvalue weighted by Crippen LogP contribution is 2.11. The molecule has 0 aromatic carbocycles. The lowest BCUT2D eigenvalue weighted by Gasteiger charge is -2.10. The summed E-state index contributed by atoms with van der Waals surface area (Å²) in [6.07, 6.45) is 5.67. The van der Waals surface area contributed by atoms with Crippen LogP contribution in [0.2, 0.25) is 0 Å². The zero-order chi connectivity index (χ0) is 15.9. The van der Waals surface area contributed by atoms with E-state index in [-0.39, 0.29) is 12.0 Å². The van der Waals surface area contributed by atoms with Crippen LogP contribution in [0.1, 0.15) is 28.9 Å². The van der Waals surface area contributed by atoms with Crippen molar-refractivity contribution in [3.8, 4) is 0 Å². The zero-order valence-electron chi connectivity index (χ0n) is 12.7. The minimum atomic E-state index is -0.230. The summed E-state index contributed by atoms with van der Waals surface area (Å²) >= 11 is 0. The Hall–Kier alpha value is -2.54. The van der Waals surface area contributed by atoms with E-state index in [2.05, 4.69) is 25.8 Å². The number of carbonyl (C=O) groups is 1. The first kappa shape index (κ1) is 15.4. The second-order valence-electron chi connectivity index (χ2n) is 5.36. The van der Waals surface area contributed by atoms with Gasteiger partial charge >= 0.3 is 0 Å². The maximum atomic E-state index is 12.0. The van der Waals surface area contributed by atoms with Crippen LogP contribution in [0, 0.1) is 0 Å². The molecule has 0 radical (unpaired) electrons. The summed E-state index contributed by atoms with van der Waals surface area (Å²) in [5.41, 5.74) is 1.35. The number of hydrogen-bond donors (Lipinski definition) is 2. The first-order chi connectivity index (χ1) is 11.3. The highest BCUT2D eigenvalue weighted by atomic mass is 16.5. The van der Waals surface area contributed by atoms with Crippen molar-refractivity contribution >= 4 is 11.7 Å². The van der Waals surface area contributed by atoms with Gasteiger partial charge in [0.2, 0.25) is 0 Å². The number of nitrogens with zero attached hydrogens (tertiary/aromatic N) is 3. The molecule has 2 aromatic rings. The lowest BCUT2D eigenvalue weighted by atomic mass is 10.2. The molecule has 7 heteroatoms. The number of hydrogen-bond acceptors (Lipinski definition) is 6. The van der Waals surface area contributed by atoms with Crippen molar-refractivity contribution in [1.82, 2.24) is 20.5 Å². The molecule has 0 saturated carbocycles. The lowest BCUT2D eigenvalue weighted by molar-refractivity contribution is 0.0853. The molecule has 3 rings (SSSR count). The van der Waals surface area contributed by atoms with Crippen molar-refractivity contribution < 1.29 is 9.53 Å². The third-order valence-electron chi connectivity index (χ3n) is 3.61. The molecule has 0 spiro atoms. The number of aromatic nitrogens is 3. The Morgan fingerprint density at radius 3 is 2.96 bits per heavy atom. The third-order valence-corrected chi connectivity index (χ3v) is 3.61. The Bertz CT molecular complexity index is 627. The minimum absolute atomic E-state index is 0.118. The Morgan fingerprint density at radius 1 is 1.30 bits per heavy atom. The van der Waals surface area contributed by atoms with Crippen molar-refractivity contribution in [3.05, 3.63) is 47.9 Å². The van der Waals surface area contributed by atoms with Crippen LogP contribution in [0.5, 0.6) is 0 Å². The molecule has 7 nitrogen and oxygen atoms in total. The van der Waals surface area contributed by atoms with Gasteiger partial charge in [0.15, 0.2) is 5.69 Å². The van der Waals surface area contributed by atoms with Crippen molar-refractivity contribution in [1.29, 1.82) is 0 Å². The van der Waals surface area contributed by atoms with Crippen molar-refractivity contribution in [3.63, 3.8) is 0 Å². The number of amides is 1. The number of pyridine rings is 1. The van der Waals surface area contributed by atoms with Gasteiger partial charge in [0.25, 0.3) is 5.91 Å². The normalized spacial score (nSPS) is 17.0. The number of carbonyl (C=O) groups excluding carboxylic acids is 1. The Kier molecular flexibility index (Phi) is 5.10. The van der Waals surface area contributed by atoms with Crippen LogP contribution < -0.4 is 10.6 Å². The first-order valence-electron chi connectivity index (χ1n) is 7.67. The molecule has 1 fully saturated rings. The van der Waals surface area contributed by atoms with E-state index in [1.807, 2.05) is 12.1 Å². The maximum absolute atomic E-state index is 12.0. The molecule has 2 N–H and O–H groups in total. The smallest absolute Gasteiger partial charge is 0.271 e. The Morgan fingerprint density at radius 2 is 2.26 bits per heavy atom. The van der Waals surface area contributed by atoms with Gasteiger partial charge in [-0.15, -0.1) is 10.2 Å². The first-order valence-corrected chi connectivity index (χ1v) is 7.67. The molecule has 1 amide bonds. The molecule has 1 saturated heterocycles.